The largest absolute Gasteiger partial charge is 0.394 e. The zero-order valence-electron chi connectivity index (χ0n) is 14.8. The number of hydrogen-bond donors (Lipinski definition) is 3. The van der Waals surface area contributed by atoms with Crippen LogP contribution in [0.3, 0.4) is 0 Å². The number of rotatable bonds is 8. The van der Waals surface area contributed by atoms with Crippen molar-refractivity contribution in [2.75, 3.05) is 26.2 Å². The van der Waals surface area contributed by atoms with Crippen molar-refractivity contribution in [2.24, 2.45) is 0 Å². The van der Waals surface area contributed by atoms with Gasteiger partial charge in [0.2, 0.25) is 0 Å². The smallest absolute Gasteiger partial charge is 0.255 e. The van der Waals surface area contributed by atoms with Crippen LogP contribution in [0.25, 0.3) is 0 Å². The summed E-state index contributed by atoms with van der Waals surface area (Å²) in [7, 11) is 0. The Labute approximate surface area is 144 Å². The summed E-state index contributed by atoms with van der Waals surface area (Å²) >= 11 is 0. The Kier molecular flexibility index (Phi) is 6.38. The molecule has 1 unspecified atom stereocenters. The second-order valence-corrected chi connectivity index (χ2v) is 7.41. The van der Waals surface area contributed by atoms with E-state index in [9.17, 15) is 15.0 Å². The van der Waals surface area contributed by atoms with Crippen molar-refractivity contribution in [3.05, 3.63) is 35.9 Å². The Balaban J connectivity index is 1.87. The highest BCUT2D eigenvalue weighted by atomic mass is 16.3. The molecule has 0 aromatic heterocycles. The van der Waals surface area contributed by atoms with Crippen molar-refractivity contribution in [1.82, 2.24) is 10.2 Å². The highest BCUT2D eigenvalue weighted by Gasteiger charge is 2.42. The molecule has 0 spiro atoms. The van der Waals surface area contributed by atoms with Crippen LogP contribution < -0.4 is 5.32 Å². The molecule has 1 atom stereocenters. The average molecular weight is 334 g/mol. The van der Waals surface area contributed by atoms with Crippen molar-refractivity contribution < 1.29 is 15.0 Å². The van der Waals surface area contributed by atoms with Crippen LogP contribution in [-0.2, 0) is 11.2 Å². The zero-order chi connectivity index (χ0) is 17.6. The second kappa shape index (κ2) is 8.10. The molecule has 5 nitrogen and oxygen atoms in total. The van der Waals surface area contributed by atoms with Crippen molar-refractivity contribution in [2.45, 2.75) is 50.7 Å². The maximum atomic E-state index is 12.7. The first-order chi connectivity index (χ1) is 11.4. The lowest BCUT2D eigenvalue weighted by Crippen LogP contribution is -2.60. The van der Waals surface area contributed by atoms with Gasteiger partial charge in [0.25, 0.3) is 5.91 Å². The van der Waals surface area contributed by atoms with E-state index in [0.717, 1.165) is 19.3 Å². The minimum atomic E-state index is -1.36. The number of hydrogen-bond acceptors (Lipinski definition) is 4. The number of likely N-dealkylation sites (tertiary alicyclic amines) is 1. The summed E-state index contributed by atoms with van der Waals surface area (Å²) in [5.74, 6) is -0.192. The van der Waals surface area contributed by atoms with Crippen molar-refractivity contribution >= 4 is 5.91 Å². The van der Waals surface area contributed by atoms with Gasteiger partial charge in [0.1, 0.15) is 0 Å². The van der Waals surface area contributed by atoms with Gasteiger partial charge in [-0.2, -0.15) is 0 Å². The molecule has 0 aliphatic carbocycles. The van der Waals surface area contributed by atoms with Gasteiger partial charge < -0.3 is 20.4 Å². The van der Waals surface area contributed by atoms with E-state index >= 15 is 0 Å². The van der Waals surface area contributed by atoms with Gasteiger partial charge in [0.05, 0.1) is 6.61 Å². The summed E-state index contributed by atoms with van der Waals surface area (Å²) in [4.78, 5) is 14.4. The first-order valence-corrected chi connectivity index (χ1v) is 8.78. The summed E-state index contributed by atoms with van der Waals surface area (Å²) in [6.07, 6.45) is 3.09. The molecule has 1 amide bonds. The number of amides is 1. The lowest BCUT2D eigenvalue weighted by molar-refractivity contribution is -0.157. The number of β-amino-alcohol motifs (C(OH)–C–C–N with tert-alkyl or cyclic N) is 1. The molecule has 1 aromatic rings. The van der Waals surface area contributed by atoms with Gasteiger partial charge in [0, 0.05) is 25.2 Å². The van der Waals surface area contributed by atoms with E-state index in [1.54, 1.807) is 4.90 Å². The van der Waals surface area contributed by atoms with Gasteiger partial charge in [-0.25, -0.2) is 0 Å². The number of nitrogens with zero attached hydrogens (tertiary/aromatic N) is 1. The quantitative estimate of drug-likeness (QED) is 0.671. The molecule has 0 radical (unpaired) electrons. The molecule has 1 aromatic carbocycles. The van der Waals surface area contributed by atoms with Crippen LogP contribution in [0.1, 0.15) is 38.7 Å². The molecule has 1 aliphatic heterocycles. The number of piperidine rings is 1. The summed E-state index contributed by atoms with van der Waals surface area (Å²) in [5, 5.41) is 23.2. The first kappa shape index (κ1) is 18.9. The zero-order valence-corrected chi connectivity index (χ0v) is 14.8. The molecule has 0 bridgehead atoms. The summed E-state index contributed by atoms with van der Waals surface area (Å²) in [6.45, 7) is 5.20. The van der Waals surface area contributed by atoms with Crippen LogP contribution in [0.2, 0.25) is 0 Å². The normalized spacial score (nSPS) is 22.0. The Morgan fingerprint density at radius 2 is 2.00 bits per heavy atom. The number of benzene rings is 1. The molecule has 3 N–H and O–H groups in total. The Morgan fingerprint density at radius 1 is 1.29 bits per heavy atom. The molecular weight excluding hydrogens is 304 g/mol. The minimum Gasteiger partial charge on any atom is -0.394 e. The van der Waals surface area contributed by atoms with E-state index in [-0.39, 0.29) is 19.1 Å². The van der Waals surface area contributed by atoms with Crippen molar-refractivity contribution in [1.29, 1.82) is 0 Å². The topological polar surface area (TPSA) is 72.8 Å². The predicted molar refractivity (Wildman–Crippen MR) is 94.7 cm³/mol. The number of aliphatic hydroxyl groups excluding tert-OH is 1. The number of carbonyl (C=O) groups is 1. The Morgan fingerprint density at radius 3 is 2.67 bits per heavy atom. The third-order valence-electron chi connectivity index (χ3n) is 4.69. The van der Waals surface area contributed by atoms with Crippen LogP contribution >= 0.6 is 0 Å². The molecule has 1 saturated heterocycles. The molecule has 1 aliphatic rings. The fraction of sp³-hybridized carbons (Fsp3) is 0.632. The van der Waals surface area contributed by atoms with Gasteiger partial charge in [-0.15, -0.1) is 0 Å². The van der Waals surface area contributed by atoms with Crippen molar-refractivity contribution in [3.63, 3.8) is 0 Å². The van der Waals surface area contributed by atoms with E-state index in [2.05, 4.69) is 17.4 Å². The molecular formula is C19H30N2O3. The van der Waals surface area contributed by atoms with E-state index in [1.165, 1.54) is 5.56 Å². The van der Waals surface area contributed by atoms with Crippen molar-refractivity contribution in [3.8, 4) is 0 Å². The number of aliphatic hydroxyl groups is 2. The highest BCUT2D eigenvalue weighted by molar-refractivity contribution is 5.86. The van der Waals surface area contributed by atoms with Crippen LogP contribution in [0.4, 0.5) is 0 Å². The summed E-state index contributed by atoms with van der Waals surface area (Å²) in [6, 6.07) is 10.2. The van der Waals surface area contributed by atoms with Gasteiger partial charge in [-0.1, -0.05) is 30.3 Å². The maximum absolute atomic E-state index is 12.7. The van der Waals surface area contributed by atoms with Crippen LogP contribution in [-0.4, -0.2) is 58.4 Å². The lowest BCUT2D eigenvalue weighted by atomic mass is 9.90. The van der Waals surface area contributed by atoms with E-state index in [0.29, 0.717) is 19.5 Å². The third-order valence-corrected chi connectivity index (χ3v) is 4.69. The predicted octanol–water partition coefficient (Wildman–Crippen LogP) is 1.33. The third kappa shape index (κ3) is 5.03. The first-order valence-electron chi connectivity index (χ1n) is 8.78. The Hall–Kier alpha value is -1.43. The van der Waals surface area contributed by atoms with Gasteiger partial charge in [-0.3, -0.25) is 4.79 Å². The lowest BCUT2D eigenvalue weighted by Gasteiger charge is -2.40. The van der Waals surface area contributed by atoms with Gasteiger partial charge >= 0.3 is 0 Å². The number of aryl methyl sites for hydroxylation is 1. The number of carbonyl (C=O) groups excluding carboxylic acids is 1. The minimum absolute atomic E-state index is 0.0436. The Bertz CT molecular complexity index is 533. The van der Waals surface area contributed by atoms with E-state index in [4.69, 9.17) is 0 Å². The molecule has 2 rings (SSSR count). The van der Waals surface area contributed by atoms with Gasteiger partial charge in [-0.05, 0) is 45.1 Å². The van der Waals surface area contributed by atoms with E-state index < -0.39 is 11.1 Å². The molecule has 1 heterocycles. The van der Waals surface area contributed by atoms with Crippen LogP contribution in [0.15, 0.2) is 30.3 Å². The number of nitrogens with one attached hydrogen (secondary N) is 1. The fourth-order valence-corrected chi connectivity index (χ4v) is 3.00. The summed E-state index contributed by atoms with van der Waals surface area (Å²) < 4.78 is 0. The highest BCUT2D eigenvalue weighted by Crippen LogP contribution is 2.23. The molecule has 1 fully saturated rings. The average Bonchev–Trinajstić information content (AvgIpc) is 2.58. The fourth-order valence-electron chi connectivity index (χ4n) is 3.00. The molecule has 24 heavy (non-hydrogen) atoms. The monoisotopic (exact) mass is 334 g/mol. The van der Waals surface area contributed by atoms with Crippen LogP contribution in [0, 0.1) is 0 Å². The standard InChI is InChI=1S/C19H30N2O3/c1-18(2,15-22)20-14-19(24)11-7-13-21(17(19)23)12-6-10-16-8-4-3-5-9-16/h3-5,8-9,20,22,24H,6-7,10-15H2,1-2H3. The summed E-state index contributed by atoms with van der Waals surface area (Å²) in [5.41, 5.74) is -0.605. The molecule has 134 valence electrons. The van der Waals surface area contributed by atoms with Gasteiger partial charge in [0.15, 0.2) is 5.60 Å². The maximum Gasteiger partial charge on any atom is 0.255 e. The second-order valence-electron chi connectivity index (χ2n) is 7.41. The molecule has 0 saturated carbocycles. The van der Waals surface area contributed by atoms with Crippen LogP contribution in [0.5, 0.6) is 0 Å². The molecule has 5 heteroatoms. The van der Waals surface area contributed by atoms with E-state index in [1.807, 2.05) is 32.0 Å². The SMILES string of the molecule is CC(C)(CO)NCC1(O)CCCN(CCCc2ccccc2)C1=O.